The molecule has 0 fully saturated rings. The Morgan fingerprint density at radius 3 is 2.63 bits per heavy atom. The molecular weight excluding hydrogens is 338 g/mol. The zero-order valence-corrected chi connectivity index (χ0v) is 15.5. The van der Waals surface area contributed by atoms with Crippen molar-refractivity contribution in [2.75, 3.05) is 12.4 Å². The van der Waals surface area contributed by atoms with Gasteiger partial charge in [0.25, 0.3) is 0 Å². The highest BCUT2D eigenvalue weighted by molar-refractivity contribution is 5.68. The van der Waals surface area contributed by atoms with E-state index in [2.05, 4.69) is 34.3 Å². The van der Waals surface area contributed by atoms with Crippen LogP contribution >= 0.6 is 0 Å². The van der Waals surface area contributed by atoms with Crippen LogP contribution in [0, 0.1) is 6.92 Å². The third-order valence-corrected chi connectivity index (χ3v) is 4.59. The average Bonchev–Trinajstić information content (AvgIpc) is 3.14. The van der Waals surface area contributed by atoms with Gasteiger partial charge in [-0.15, -0.1) is 0 Å². The van der Waals surface area contributed by atoms with E-state index in [0.29, 0.717) is 17.4 Å². The van der Waals surface area contributed by atoms with Crippen LogP contribution in [0.1, 0.15) is 24.1 Å². The largest absolute Gasteiger partial charge is 0.493 e. The monoisotopic (exact) mass is 359 g/mol. The smallest absolute Gasteiger partial charge is 0.223 e. The van der Waals surface area contributed by atoms with Gasteiger partial charge in [0.05, 0.1) is 31.2 Å². The van der Waals surface area contributed by atoms with Crippen LogP contribution in [0.15, 0.2) is 61.1 Å². The summed E-state index contributed by atoms with van der Waals surface area (Å²) in [5.41, 5.74) is 4.74. The number of pyridine rings is 1. The normalized spacial score (nSPS) is 12.1. The first-order chi connectivity index (χ1) is 13.2. The Morgan fingerprint density at radius 2 is 1.85 bits per heavy atom. The van der Waals surface area contributed by atoms with Gasteiger partial charge in [0.2, 0.25) is 5.95 Å². The number of aryl methyl sites for hydroxylation is 1. The number of ether oxygens (including phenoxy) is 1. The molecule has 0 saturated heterocycles. The first-order valence-corrected chi connectivity index (χ1v) is 8.83. The van der Waals surface area contributed by atoms with Gasteiger partial charge in [-0.25, -0.2) is 15.0 Å². The number of hydrogen-bond acceptors (Lipinski definition) is 5. The van der Waals surface area contributed by atoms with Crippen LogP contribution in [-0.2, 0) is 0 Å². The van der Waals surface area contributed by atoms with E-state index in [1.165, 1.54) is 5.56 Å². The van der Waals surface area contributed by atoms with Crippen LogP contribution in [0.2, 0.25) is 0 Å². The molecule has 6 nitrogen and oxygen atoms in total. The second-order valence-electron chi connectivity index (χ2n) is 6.42. The van der Waals surface area contributed by atoms with Gasteiger partial charge < -0.3 is 10.1 Å². The van der Waals surface area contributed by atoms with E-state index in [4.69, 9.17) is 9.72 Å². The first-order valence-electron chi connectivity index (χ1n) is 8.83. The third-order valence-electron chi connectivity index (χ3n) is 4.59. The summed E-state index contributed by atoms with van der Waals surface area (Å²) in [5, 5.41) is 3.36. The van der Waals surface area contributed by atoms with Gasteiger partial charge in [-0.05, 0) is 31.0 Å². The summed E-state index contributed by atoms with van der Waals surface area (Å²) in [7, 11) is 1.62. The summed E-state index contributed by atoms with van der Waals surface area (Å²) < 4.78 is 7.52. The third kappa shape index (κ3) is 3.21. The highest BCUT2D eigenvalue weighted by Gasteiger charge is 2.16. The molecule has 1 N–H and O–H groups in total. The Hall–Kier alpha value is -3.41. The lowest BCUT2D eigenvalue weighted by atomic mass is 10.1. The van der Waals surface area contributed by atoms with Crippen molar-refractivity contribution in [2.24, 2.45) is 0 Å². The van der Waals surface area contributed by atoms with Crippen LogP contribution in [0.5, 0.6) is 5.75 Å². The van der Waals surface area contributed by atoms with Crippen molar-refractivity contribution in [3.8, 4) is 17.1 Å². The van der Waals surface area contributed by atoms with E-state index in [0.717, 1.165) is 16.9 Å². The predicted octanol–water partition coefficient (Wildman–Crippen LogP) is 4.28. The van der Waals surface area contributed by atoms with Crippen molar-refractivity contribution in [1.82, 2.24) is 19.4 Å². The molecule has 0 amide bonds. The molecule has 0 saturated carbocycles. The fourth-order valence-corrected chi connectivity index (χ4v) is 3.12. The molecule has 4 rings (SSSR count). The van der Waals surface area contributed by atoms with Gasteiger partial charge in [-0.1, -0.05) is 36.4 Å². The number of aromatic nitrogens is 4. The SMILES string of the molecule is COc1cnc(N[C@@H](C)c2ccccc2)nc1-c1cnc2c(C)cccn12. The number of methoxy groups -OCH3 is 1. The fourth-order valence-electron chi connectivity index (χ4n) is 3.12. The summed E-state index contributed by atoms with van der Waals surface area (Å²) in [5.74, 6) is 1.15. The second-order valence-corrected chi connectivity index (χ2v) is 6.42. The molecule has 1 aromatic carbocycles. The van der Waals surface area contributed by atoms with E-state index in [9.17, 15) is 0 Å². The highest BCUT2D eigenvalue weighted by Crippen LogP contribution is 2.30. The summed E-state index contributed by atoms with van der Waals surface area (Å²) >= 11 is 0. The van der Waals surface area contributed by atoms with Gasteiger partial charge in [0, 0.05) is 6.20 Å². The molecule has 0 aliphatic heterocycles. The summed E-state index contributed by atoms with van der Waals surface area (Å²) in [6.07, 6.45) is 5.49. The molecule has 0 aliphatic rings. The number of nitrogens with zero attached hydrogens (tertiary/aromatic N) is 4. The van der Waals surface area contributed by atoms with Crippen molar-refractivity contribution in [3.05, 3.63) is 72.2 Å². The van der Waals surface area contributed by atoms with Crippen LogP contribution in [0.4, 0.5) is 5.95 Å². The summed E-state index contributed by atoms with van der Waals surface area (Å²) in [4.78, 5) is 13.7. The fraction of sp³-hybridized carbons (Fsp3) is 0.190. The topological polar surface area (TPSA) is 64.3 Å². The van der Waals surface area contributed by atoms with E-state index in [-0.39, 0.29) is 6.04 Å². The van der Waals surface area contributed by atoms with Crippen molar-refractivity contribution in [2.45, 2.75) is 19.9 Å². The minimum Gasteiger partial charge on any atom is -0.493 e. The Labute approximate surface area is 157 Å². The van der Waals surface area contributed by atoms with Crippen LogP contribution in [0.3, 0.4) is 0 Å². The van der Waals surface area contributed by atoms with Crippen molar-refractivity contribution < 1.29 is 4.74 Å². The van der Waals surface area contributed by atoms with Gasteiger partial charge >= 0.3 is 0 Å². The van der Waals surface area contributed by atoms with Crippen LogP contribution in [-0.4, -0.2) is 26.5 Å². The molecule has 27 heavy (non-hydrogen) atoms. The number of fused-ring (bicyclic) bond motifs is 1. The van der Waals surface area contributed by atoms with E-state index < -0.39 is 0 Å². The molecule has 0 spiro atoms. The number of benzene rings is 1. The predicted molar refractivity (Wildman–Crippen MR) is 106 cm³/mol. The Kier molecular flexibility index (Phi) is 4.46. The second kappa shape index (κ2) is 7.07. The maximum Gasteiger partial charge on any atom is 0.223 e. The van der Waals surface area contributed by atoms with Crippen LogP contribution in [0.25, 0.3) is 17.0 Å². The Morgan fingerprint density at radius 1 is 1.04 bits per heavy atom. The number of anilines is 1. The number of imidazole rings is 1. The molecule has 3 heterocycles. The Bertz CT molecular complexity index is 1070. The number of nitrogens with one attached hydrogen (secondary N) is 1. The molecule has 4 aromatic rings. The summed E-state index contributed by atoms with van der Waals surface area (Å²) in [6, 6.07) is 14.3. The molecule has 0 unspecified atom stereocenters. The molecule has 1 atom stereocenters. The minimum atomic E-state index is 0.0804. The molecule has 0 radical (unpaired) electrons. The van der Waals surface area contributed by atoms with E-state index >= 15 is 0 Å². The molecule has 6 heteroatoms. The average molecular weight is 359 g/mol. The minimum absolute atomic E-state index is 0.0804. The lowest BCUT2D eigenvalue weighted by molar-refractivity contribution is 0.412. The standard InChI is InChI=1S/C21H21N5O/c1-14-8-7-11-26-17(12-22-20(14)26)19-18(27-3)13-23-21(25-19)24-15(2)16-9-5-4-6-10-16/h4-13,15H,1-3H3,(H,23,24,25)/t15-/m0/s1. The first kappa shape index (κ1) is 17.0. The van der Waals surface area contributed by atoms with Gasteiger partial charge in [-0.3, -0.25) is 4.40 Å². The maximum absolute atomic E-state index is 5.50. The Balaban J connectivity index is 1.74. The highest BCUT2D eigenvalue weighted by atomic mass is 16.5. The molecule has 0 bridgehead atoms. The zero-order valence-electron chi connectivity index (χ0n) is 15.5. The van der Waals surface area contributed by atoms with Crippen molar-refractivity contribution in [1.29, 1.82) is 0 Å². The van der Waals surface area contributed by atoms with Gasteiger partial charge in [0.15, 0.2) is 5.75 Å². The summed E-state index contributed by atoms with van der Waals surface area (Å²) in [6.45, 7) is 4.12. The number of hydrogen-bond donors (Lipinski definition) is 1. The lowest BCUT2D eigenvalue weighted by Crippen LogP contribution is -2.10. The van der Waals surface area contributed by atoms with Crippen molar-refractivity contribution in [3.63, 3.8) is 0 Å². The lowest BCUT2D eigenvalue weighted by Gasteiger charge is -2.15. The molecule has 3 aromatic heterocycles. The quantitative estimate of drug-likeness (QED) is 0.576. The zero-order chi connectivity index (χ0) is 18.8. The molecule has 0 aliphatic carbocycles. The molecule has 136 valence electrons. The van der Waals surface area contributed by atoms with Gasteiger partial charge in [-0.2, -0.15) is 0 Å². The van der Waals surface area contributed by atoms with E-state index in [1.807, 2.05) is 54.0 Å². The van der Waals surface area contributed by atoms with Gasteiger partial charge in [0.1, 0.15) is 11.3 Å². The number of rotatable bonds is 5. The maximum atomic E-state index is 5.50. The van der Waals surface area contributed by atoms with Crippen molar-refractivity contribution >= 4 is 11.6 Å². The van der Waals surface area contributed by atoms with Crippen LogP contribution < -0.4 is 10.1 Å². The van der Waals surface area contributed by atoms with E-state index in [1.54, 1.807) is 13.3 Å². The molecular formula is C21H21N5O.